The Kier molecular flexibility index (Phi) is 6.86. The second-order valence-electron chi connectivity index (χ2n) is 10.7. The second-order valence-corrected chi connectivity index (χ2v) is 10.7. The maximum Gasteiger partial charge on any atom is 0.407 e. The molecule has 0 aromatic carbocycles. The number of methoxy groups -OCH3 is 1. The van der Waals surface area contributed by atoms with E-state index >= 15 is 0 Å². The minimum Gasteiger partial charge on any atom is -0.457 e. The van der Waals surface area contributed by atoms with Crippen molar-refractivity contribution in [2.24, 2.45) is 11.8 Å². The Morgan fingerprint density at radius 1 is 1.32 bits per heavy atom. The van der Waals surface area contributed by atoms with Crippen LogP contribution in [0.1, 0.15) is 44.9 Å². The molecule has 12 heteroatoms. The molecule has 1 aromatic rings. The van der Waals surface area contributed by atoms with Crippen LogP contribution in [0.15, 0.2) is 18.3 Å². The number of nitriles is 1. The topological polar surface area (TPSA) is 154 Å². The third kappa shape index (κ3) is 5.10. The lowest BCUT2D eigenvalue weighted by molar-refractivity contribution is -0.147. The van der Waals surface area contributed by atoms with Crippen LogP contribution >= 0.6 is 0 Å². The number of nitrogens with zero attached hydrogens (tertiary/aromatic N) is 4. The molecule has 1 aromatic heterocycles. The average Bonchev–Trinajstić information content (AvgIpc) is 3.85. The Balaban J connectivity index is 1.37. The molecule has 2 N–H and O–H groups in total. The molecule has 1 spiro atoms. The van der Waals surface area contributed by atoms with E-state index in [1.54, 1.807) is 19.2 Å². The second kappa shape index (κ2) is 10.1. The van der Waals surface area contributed by atoms with E-state index in [1.165, 1.54) is 23.1 Å². The van der Waals surface area contributed by atoms with Crippen molar-refractivity contribution in [1.82, 2.24) is 20.1 Å². The van der Waals surface area contributed by atoms with Gasteiger partial charge in [0.1, 0.15) is 23.8 Å². The fraction of sp³-hybridized carbons (Fsp3) is 0.615. The van der Waals surface area contributed by atoms with Crippen LogP contribution < -0.4 is 15.4 Å². The number of alkyl carbamates (subject to hydrolysis) is 1. The predicted octanol–water partition coefficient (Wildman–Crippen LogP) is 1.43. The highest BCUT2D eigenvalue weighted by Crippen LogP contribution is 2.41. The summed E-state index contributed by atoms with van der Waals surface area (Å²) in [5.74, 6) is -0.375. The zero-order chi connectivity index (χ0) is 27.0. The van der Waals surface area contributed by atoms with Gasteiger partial charge in [0.05, 0.1) is 19.7 Å². The van der Waals surface area contributed by atoms with Crippen LogP contribution in [0.25, 0.3) is 0 Å². The van der Waals surface area contributed by atoms with Gasteiger partial charge in [0.2, 0.25) is 23.3 Å². The normalized spacial score (nSPS) is 25.3. The van der Waals surface area contributed by atoms with Gasteiger partial charge in [-0.1, -0.05) is 25.7 Å². The molecule has 12 nitrogen and oxygen atoms in total. The number of hydrogen-bond donors (Lipinski definition) is 2. The van der Waals surface area contributed by atoms with Crippen LogP contribution in [-0.2, 0) is 19.1 Å². The van der Waals surface area contributed by atoms with E-state index in [2.05, 4.69) is 21.7 Å². The van der Waals surface area contributed by atoms with Gasteiger partial charge in [0.15, 0.2) is 0 Å². The molecule has 4 amide bonds. The van der Waals surface area contributed by atoms with Gasteiger partial charge in [0, 0.05) is 19.7 Å². The summed E-state index contributed by atoms with van der Waals surface area (Å²) in [4.78, 5) is 59.6. The van der Waals surface area contributed by atoms with Crippen molar-refractivity contribution in [3.63, 3.8) is 0 Å². The molecule has 4 aliphatic rings. The Morgan fingerprint density at radius 2 is 2.03 bits per heavy atom. The van der Waals surface area contributed by atoms with Gasteiger partial charge in [-0.2, -0.15) is 5.26 Å². The predicted molar refractivity (Wildman–Crippen MR) is 133 cm³/mol. The highest BCUT2D eigenvalue weighted by molar-refractivity contribution is 6.02. The molecule has 3 heterocycles. The molecule has 0 bridgehead atoms. The van der Waals surface area contributed by atoms with E-state index in [-0.39, 0.29) is 30.7 Å². The number of rotatable bonds is 8. The maximum absolute atomic E-state index is 14.0. The number of likely N-dealkylation sites (tertiary alicyclic amines) is 1. The smallest absolute Gasteiger partial charge is 0.407 e. The number of likely N-dealkylation sites (N-methyl/N-ethyl adjacent to an activating group) is 1. The quantitative estimate of drug-likeness (QED) is 0.518. The van der Waals surface area contributed by atoms with Gasteiger partial charge < -0.3 is 29.9 Å². The minimum absolute atomic E-state index is 0.0148. The standard InChI is InChI=1S/C26H32N6O6/c1-31(22(33)19(10-15-5-6-15)30-25(36)37-2)20(11-16-7-8-16)23(34)32-14-26(12-17(32)13-27)24(35)29-18-4-3-9-28-21(18)38-26/h3-4,9,15-17,19-20H,5-8,10-12,14H2,1-2H3,(H,29,35)(H,30,36). The Morgan fingerprint density at radius 3 is 2.68 bits per heavy atom. The van der Waals surface area contributed by atoms with E-state index in [1.807, 2.05) is 0 Å². The first-order valence-electron chi connectivity index (χ1n) is 13.0. The molecule has 1 saturated heterocycles. The molecule has 4 unspecified atom stereocenters. The molecule has 202 valence electrons. The molecular formula is C26H32N6O6. The van der Waals surface area contributed by atoms with E-state index < -0.39 is 41.6 Å². The molecule has 0 radical (unpaired) electrons. The molecule has 38 heavy (non-hydrogen) atoms. The van der Waals surface area contributed by atoms with E-state index in [9.17, 15) is 24.4 Å². The van der Waals surface area contributed by atoms with Crippen molar-refractivity contribution in [2.75, 3.05) is 26.0 Å². The number of hydrogen-bond acceptors (Lipinski definition) is 8. The van der Waals surface area contributed by atoms with Gasteiger partial charge in [0.25, 0.3) is 5.91 Å². The van der Waals surface area contributed by atoms with Crippen molar-refractivity contribution in [3.05, 3.63) is 18.3 Å². The van der Waals surface area contributed by atoms with Crippen molar-refractivity contribution >= 4 is 29.5 Å². The number of pyridine rings is 1. The van der Waals surface area contributed by atoms with Gasteiger partial charge in [-0.3, -0.25) is 14.4 Å². The molecule has 2 saturated carbocycles. The van der Waals surface area contributed by atoms with Crippen LogP contribution in [0, 0.1) is 23.2 Å². The van der Waals surface area contributed by atoms with Crippen LogP contribution in [0.4, 0.5) is 10.5 Å². The highest BCUT2D eigenvalue weighted by Gasteiger charge is 2.57. The SMILES string of the molecule is COC(=O)NC(CC1CC1)C(=O)N(C)C(CC1CC1)C(=O)N1CC2(CC1C#N)Oc1ncccc1NC2=O. The average molecular weight is 525 g/mol. The number of carbonyl (C=O) groups is 4. The van der Waals surface area contributed by atoms with E-state index in [0.717, 1.165) is 25.7 Å². The lowest BCUT2D eigenvalue weighted by Crippen LogP contribution is -2.57. The van der Waals surface area contributed by atoms with Crippen LogP contribution in [0.2, 0.25) is 0 Å². The first-order valence-corrected chi connectivity index (χ1v) is 13.0. The number of amides is 4. The van der Waals surface area contributed by atoms with Crippen molar-refractivity contribution < 1.29 is 28.7 Å². The van der Waals surface area contributed by atoms with Crippen molar-refractivity contribution in [1.29, 1.82) is 5.26 Å². The summed E-state index contributed by atoms with van der Waals surface area (Å²) in [6.07, 6.45) is 5.61. The fourth-order valence-electron chi connectivity index (χ4n) is 5.29. The number of ether oxygens (including phenoxy) is 2. The Labute approximate surface area is 220 Å². The summed E-state index contributed by atoms with van der Waals surface area (Å²) >= 11 is 0. The minimum atomic E-state index is -1.45. The fourth-order valence-corrected chi connectivity index (χ4v) is 5.29. The van der Waals surface area contributed by atoms with Gasteiger partial charge in [-0.05, 0) is 36.8 Å². The zero-order valence-corrected chi connectivity index (χ0v) is 21.5. The number of carbonyl (C=O) groups excluding carboxylic acids is 4. The van der Waals surface area contributed by atoms with Crippen LogP contribution in [0.3, 0.4) is 0 Å². The Hall–Kier alpha value is -3.88. The lowest BCUT2D eigenvalue weighted by atomic mass is 9.97. The molecule has 5 rings (SSSR count). The van der Waals surface area contributed by atoms with Crippen molar-refractivity contribution in [2.45, 2.75) is 68.7 Å². The van der Waals surface area contributed by atoms with E-state index in [4.69, 9.17) is 9.47 Å². The Bertz CT molecular complexity index is 1180. The van der Waals surface area contributed by atoms with Crippen LogP contribution in [-0.4, -0.2) is 83.0 Å². The highest BCUT2D eigenvalue weighted by atomic mass is 16.5. The van der Waals surface area contributed by atoms with Gasteiger partial charge in [-0.25, -0.2) is 9.78 Å². The maximum atomic E-state index is 14.0. The summed E-state index contributed by atoms with van der Waals surface area (Å²) in [5.41, 5.74) is -1.02. The largest absolute Gasteiger partial charge is 0.457 e. The summed E-state index contributed by atoms with van der Waals surface area (Å²) in [6, 6.07) is 2.89. The zero-order valence-electron chi connectivity index (χ0n) is 21.5. The molecule has 3 fully saturated rings. The third-order valence-corrected chi connectivity index (χ3v) is 7.88. The first kappa shape index (κ1) is 25.8. The molecule has 2 aliphatic heterocycles. The third-order valence-electron chi connectivity index (χ3n) is 7.88. The summed E-state index contributed by atoms with van der Waals surface area (Å²) < 4.78 is 10.7. The van der Waals surface area contributed by atoms with E-state index in [0.29, 0.717) is 24.4 Å². The summed E-state index contributed by atoms with van der Waals surface area (Å²) in [7, 11) is 2.79. The number of nitrogens with one attached hydrogen (secondary N) is 2. The molecular weight excluding hydrogens is 492 g/mol. The number of anilines is 1. The lowest BCUT2D eigenvalue weighted by Gasteiger charge is -2.35. The van der Waals surface area contributed by atoms with Gasteiger partial charge >= 0.3 is 6.09 Å². The van der Waals surface area contributed by atoms with Crippen LogP contribution in [0.5, 0.6) is 5.88 Å². The van der Waals surface area contributed by atoms with Gasteiger partial charge in [-0.15, -0.1) is 0 Å². The molecule has 4 atom stereocenters. The number of fused-ring (bicyclic) bond motifs is 1. The summed E-state index contributed by atoms with van der Waals surface area (Å²) in [5, 5.41) is 15.3. The monoisotopic (exact) mass is 524 g/mol. The van der Waals surface area contributed by atoms with Crippen molar-refractivity contribution in [3.8, 4) is 11.9 Å². The molecule has 2 aliphatic carbocycles. The number of aromatic nitrogens is 1. The first-order chi connectivity index (χ1) is 18.2. The summed E-state index contributed by atoms with van der Waals surface area (Å²) in [6.45, 7) is -0.138.